The van der Waals surface area contributed by atoms with E-state index in [9.17, 15) is 0 Å². The Hall–Kier alpha value is -1.75. The van der Waals surface area contributed by atoms with E-state index >= 15 is 0 Å². The van der Waals surface area contributed by atoms with Gasteiger partial charge in [0.05, 0.1) is 6.10 Å². The second kappa shape index (κ2) is 12.6. The quantitative estimate of drug-likeness (QED) is 0.364. The molecule has 0 heterocycles. The van der Waals surface area contributed by atoms with Crippen molar-refractivity contribution in [2.24, 2.45) is 4.99 Å². The van der Waals surface area contributed by atoms with E-state index in [-0.39, 0.29) is 6.10 Å². The number of hydrogen-bond donors (Lipinski definition) is 2. The Bertz CT molecular complexity index is 518. The van der Waals surface area contributed by atoms with Crippen LogP contribution in [-0.2, 0) is 11.3 Å². The minimum absolute atomic E-state index is 0.211. The molecule has 0 radical (unpaired) electrons. The molecule has 1 aromatic carbocycles. The van der Waals surface area contributed by atoms with Crippen LogP contribution in [0, 0.1) is 6.92 Å². The maximum Gasteiger partial charge on any atom is 0.191 e. The fourth-order valence-corrected chi connectivity index (χ4v) is 2.30. The molecule has 0 aliphatic carbocycles. The lowest BCUT2D eigenvalue weighted by Crippen LogP contribution is -2.37. The van der Waals surface area contributed by atoms with Crippen LogP contribution in [0.5, 0.6) is 5.75 Å². The Labute approximate surface area is 153 Å². The van der Waals surface area contributed by atoms with E-state index in [1.165, 1.54) is 5.56 Å². The molecule has 142 valence electrons. The number of guanidine groups is 1. The number of rotatable bonds is 11. The summed E-state index contributed by atoms with van der Waals surface area (Å²) >= 11 is 0. The van der Waals surface area contributed by atoms with Crippen LogP contribution in [-0.4, -0.2) is 38.9 Å². The van der Waals surface area contributed by atoms with Gasteiger partial charge in [-0.3, -0.25) is 4.99 Å². The van der Waals surface area contributed by atoms with Gasteiger partial charge in [0, 0.05) is 38.9 Å². The Morgan fingerprint density at radius 2 is 2.00 bits per heavy atom. The van der Waals surface area contributed by atoms with Gasteiger partial charge in [0.2, 0.25) is 0 Å². The van der Waals surface area contributed by atoms with E-state index in [0.717, 1.165) is 56.3 Å². The Morgan fingerprint density at radius 1 is 1.20 bits per heavy atom. The molecule has 25 heavy (non-hydrogen) atoms. The summed E-state index contributed by atoms with van der Waals surface area (Å²) in [4.78, 5) is 4.28. The lowest BCUT2D eigenvalue weighted by atomic mass is 10.1. The van der Waals surface area contributed by atoms with Crippen LogP contribution in [0.1, 0.15) is 51.2 Å². The lowest BCUT2D eigenvalue weighted by molar-refractivity contribution is 0.143. The van der Waals surface area contributed by atoms with Crippen molar-refractivity contribution in [3.8, 4) is 5.75 Å². The van der Waals surface area contributed by atoms with E-state index in [4.69, 9.17) is 9.47 Å². The van der Waals surface area contributed by atoms with Crippen molar-refractivity contribution < 1.29 is 9.47 Å². The molecule has 1 atom stereocenters. The highest BCUT2D eigenvalue weighted by Gasteiger charge is 2.08. The number of hydrogen-bond acceptors (Lipinski definition) is 3. The molecule has 1 aromatic rings. The molecular formula is C20H35N3O2. The Morgan fingerprint density at radius 3 is 2.68 bits per heavy atom. The molecule has 0 aliphatic heterocycles. The second-order valence-corrected chi connectivity index (χ2v) is 6.20. The third-order valence-corrected chi connectivity index (χ3v) is 4.01. The van der Waals surface area contributed by atoms with Crippen molar-refractivity contribution in [3.05, 3.63) is 29.3 Å². The van der Waals surface area contributed by atoms with Crippen LogP contribution < -0.4 is 15.4 Å². The number of nitrogens with one attached hydrogen (secondary N) is 2. The standard InChI is InChI=1S/C20H35N3O2/c1-6-17(4)25-19-14-16(3)10-11-18(19)15-23-20(21-5)22-12-8-9-13-24-7-2/h10-11,14,17H,6-9,12-13,15H2,1-5H3,(H2,21,22,23). The molecule has 0 bridgehead atoms. The molecule has 0 saturated carbocycles. The third-order valence-electron chi connectivity index (χ3n) is 4.01. The smallest absolute Gasteiger partial charge is 0.191 e. The summed E-state index contributed by atoms with van der Waals surface area (Å²) < 4.78 is 11.4. The first-order valence-corrected chi connectivity index (χ1v) is 9.39. The predicted octanol–water partition coefficient (Wildman–Crippen LogP) is 3.65. The third kappa shape index (κ3) is 8.77. The molecule has 0 aliphatic rings. The van der Waals surface area contributed by atoms with E-state index in [2.05, 4.69) is 54.6 Å². The van der Waals surface area contributed by atoms with Gasteiger partial charge in [0.15, 0.2) is 5.96 Å². The Balaban J connectivity index is 2.49. The van der Waals surface area contributed by atoms with E-state index in [0.29, 0.717) is 6.54 Å². The number of aliphatic imine (C=N–C) groups is 1. The van der Waals surface area contributed by atoms with Crippen LogP contribution >= 0.6 is 0 Å². The zero-order valence-electron chi connectivity index (χ0n) is 16.5. The number of benzene rings is 1. The number of unbranched alkanes of at least 4 members (excludes halogenated alkanes) is 1. The van der Waals surface area contributed by atoms with Gasteiger partial charge in [0.1, 0.15) is 5.75 Å². The van der Waals surface area contributed by atoms with Gasteiger partial charge in [-0.25, -0.2) is 0 Å². The average molecular weight is 350 g/mol. The molecular weight excluding hydrogens is 314 g/mol. The monoisotopic (exact) mass is 349 g/mol. The van der Waals surface area contributed by atoms with E-state index in [1.807, 2.05) is 6.92 Å². The summed E-state index contributed by atoms with van der Waals surface area (Å²) in [5, 5.41) is 6.71. The highest BCUT2D eigenvalue weighted by Crippen LogP contribution is 2.22. The minimum Gasteiger partial charge on any atom is -0.490 e. The Kier molecular flexibility index (Phi) is 10.7. The summed E-state index contributed by atoms with van der Waals surface area (Å²) in [5.74, 6) is 1.76. The molecule has 1 rings (SSSR count). The topological polar surface area (TPSA) is 54.9 Å². The molecule has 0 aromatic heterocycles. The molecule has 0 saturated heterocycles. The molecule has 0 amide bonds. The van der Waals surface area contributed by atoms with Gasteiger partial charge in [-0.2, -0.15) is 0 Å². The van der Waals surface area contributed by atoms with Crippen LogP contribution in [0.2, 0.25) is 0 Å². The molecule has 2 N–H and O–H groups in total. The van der Waals surface area contributed by atoms with Gasteiger partial charge < -0.3 is 20.1 Å². The first-order valence-electron chi connectivity index (χ1n) is 9.39. The number of nitrogens with zero attached hydrogens (tertiary/aromatic N) is 1. The van der Waals surface area contributed by atoms with Crippen LogP contribution in [0.15, 0.2) is 23.2 Å². The maximum absolute atomic E-state index is 6.06. The molecule has 0 fully saturated rings. The van der Waals surface area contributed by atoms with E-state index in [1.54, 1.807) is 7.05 Å². The van der Waals surface area contributed by atoms with Crippen molar-refractivity contribution in [1.82, 2.24) is 10.6 Å². The lowest BCUT2D eigenvalue weighted by Gasteiger charge is -2.18. The van der Waals surface area contributed by atoms with Crippen molar-refractivity contribution >= 4 is 5.96 Å². The average Bonchev–Trinajstić information content (AvgIpc) is 2.61. The first-order chi connectivity index (χ1) is 12.1. The maximum atomic E-state index is 6.06. The van der Waals surface area contributed by atoms with E-state index < -0.39 is 0 Å². The van der Waals surface area contributed by atoms with Gasteiger partial charge in [0.25, 0.3) is 0 Å². The zero-order valence-corrected chi connectivity index (χ0v) is 16.5. The minimum atomic E-state index is 0.211. The molecule has 5 heteroatoms. The van der Waals surface area contributed by atoms with Gasteiger partial charge >= 0.3 is 0 Å². The summed E-state index contributed by atoms with van der Waals surface area (Å²) in [6.07, 6.45) is 3.32. The van der Waals surface area contributed by atoms with Gasteiger partial charge in [-0.15, -0.1) is 0 Å². The summed E-state index contributed by atoms with van der Waals surface area (Å²) in [6, 6.07) is 6.34. The molecule has 5 nitrogen and oxygen atoms in total. The largest absolute Gasteiger partial charge is 0.490 e. The van der Waals surface area contributed by atoms with Crippen molar-refractivity contribution in [2.45, 2.75) is 59.6 Å². The van der Waals surface area contributed by atoms with Crippen LogP contribution in [0.25, 0.3) is 0 Å². The highest BCUT2D eigenvalue weighted by atomic mass is 16.5. The number of ether oxygens (including phenoxy) is 2. The zero-order chi connectivity index (χ0) is 18.5. The van der Waals surface area contributed by atoms with Crippen LogP contribution in [0.3, 0.4) is 0 Å². The van der Waals surface area contributed by atoms with Gasteiger partial charge in [-0.1, -0.05) is 19.1 Å². The SMILES string of the molecule is CCOCCCCNC(=NC)NCc1ccc(C)cc1OC(C)CC. The summed E-state index contributed by atoms with van der Waals surface area (Å²) in [7, 11) is 1.79. The second-order valence-electron chi connectivity index (χ2n) is 6.20. The fraction of sp³-hybridized carbons (Fsp3) is 0.650. The first kappa shape index (κ1) is 21.3. The normalized spacial score (nSPS) is 12.8. The fourth-order valence-electron chi connectivity index (χ4n) is 2.30. The number of aryl methyl sites for hydroxylation is 1. The highest BCUT2D eigenvalue weighted by molar-refractivity contribution is 5.79. The van der Waals surface area contributed by atoms with Crippen molar-refractivity contribution in [2.75, 3.05) is 26.8 Å². The molecule has 0 spiro atoms. The summed E-state index contributed by atoms with van der Waals surface area (Å²) in [6.45, 7) is 11.5. The van der Waals surface area contributed by atoms with Gasteiger partial charge in [-0.05, 0) is 51.7 Å². The van der Waals surface area contributed by atoms with Crippen molar-refractivity contribution in [3.63, 3.8) is 0 Å². The molecule has 1 unspecified atom stereocenters. The van der Waals surface area contributed by atoms with Crippen molar-refractivity contribution in [1.29, 1.82) is 0 Å². The van der Waals surface area contributed by atoms with Crippen LogP contribution in [0.4, 0.5) is 0 Å². The predicted molar refractivity (Wildman–Crippen MR) is 105 cm³/mol. The summed E-state index contributed by atoms with van der Waals surface area (Å²) in [5.41, 5.74) is 2.35.